The number of hydrogen-bond donors (Lipinski definition) is 2. The van der Waals surface area contributed by atoms with Crippen LogP contribution in [0.15, 0.2) is 12.2 Å². The zero-order valence-electron chi connectivity index (χ0n) is 10.6. The Bertz CT molecular complexity index is 430. The van der Waals surface area contributed by atoms with Crippen molar-refractivity contribution < 1.29 is 14.4 Å². The van der Waals surface area contributed by atoms with E-state index in [0.29, 0.717) is 0 Å². The maximum Gasteiger partial charge on any atom is 0.317 e. The van der Waals surface area contributed by atoms with Gasteiger partial charge in [-0.3, -0.25) is 14.9 Å². The Kier molecular flexibility index (Phi) is 3.11. The lowest BCUT2D eigenvalue weighted by Crippen LogP contribution is -2.49. The van der Waals surface area contributed by atoms with Crippen LogP contribution in [-0.4, -0.2) is 42.9 Å². The lowest BCUT2D eigenvalue weighted by Gasteiger charge is -2.31. The third-order valence-electron chi connectivity index (χ3n) is 3.51. The molecule has 18 heavy (non-hydrogen) atoms. The molecule has 0 bridgehead atoms. The molecule has 0 aromatic carbocycles. The summed E-state index contributed by atoms with van der Waals surface area (Å²) in [5, 5.41) is 5.09. The molecule has 0 radical (unpaired) electrons. The molecule has 6 heteroatoms. The largest absolute Gasteiger partial charge is 0.331 e. The van der Waals surface area contributed by atoms with E-state index in [2.05, 4.69) is 10.6 Å². The first-order valence-electron chi connectivity index (χ1n) is 5.92. The molecular formula is C12H17N3O3. The lowest BCUT2D eigenvalue weighted by atomic mass is 9.75. The highest BCUT2D eigenvalue weighted by Gasteiger charge is 2.49. The van der Waals surface area contributed by atoms with E-state index in [-0.39, 0.29) is 29.7 Å². The summed E-state index contributed by atoms with van der Waals surface area (Å²) in [6, 6.07) is -0.697. The van der Waals surface area contributed by atoms with Gasteiger partial charge in [-0.25, -0.2) is 4.79 Å². The minimum Gasteiger partial charge on any atom is -0.331 e. The van der Waals surface area contributed by atoms with Gasteiger partial charge < -0.3 is 10.2 Å². The first kappa shape index (κ1) is 12.6. The highest BCUT2D eigenvalue weighted by Crippen LogP contribution is 2.34. The second-order valence-corrected chi connectivity index (χ2v) is 5.02. The fraction of sp³-hybridized carbons (Fsp3) is 0.583. The summed E-state index contributed by atoms with van der Waals surface area (Å²) in [7, 11) is 3.25. The Hall–Kier alpha value is -1.85. The van der Waals surface area contributed by atoms with Crippen LogP contribution in [0.1, 0.15) is 6.92 Å². The van der Waals surface area contributed by atoms with Crippen LogP contribution in [0.2, 0.25) is 0 Å². The number of imide groups is 1. The van der Waals surface area contributed by atoms with E-state index < -0.39 is 12.0 Å². The van der Waals surface area contributed by atoms with Gasteiger partial charge in [0.1, 0.15) is 0 Å². The van der Waals surface area contributed by atoms with Gasteiger partial charge in [0.05, 0.1) is 17.9 Å². The van der Waals surface area contributed by atoms with Crippen LogP contribution in [0.25, 0.3) is 0 Å². The van der Waals surface area contributed by atoms with Crippen molar-refractivity contribution in [2.24, 2.45) is 17.8 Å². The number of allylic oxidation sites excluding steroid dienone is 1. The number of nitrogens with zero attached hydrogens (tertiary/aromatic N) is 1. The van der Waals surface area contributed by atoms with Crippen LogP contribution in [0.3, 0.4) is 0 Å². The number of hydrogen-bond acceptors (Lipinski definition) is 3. The maximum absolute atomic E-state index is 11.8. The topological polar surface area (TPSA) is 78.5 Å². The van der Waals surface area contributed by atoms with Crippen molar-refractivity contribution >= 4 is 17.8 Å². The quantitative estimate of drug-likeness (QED) is 0.497. The number of rotatable bonds is 1. The SMILES string of the molecule is CC1C=C[C@@H](NC(=O)N(C)C)[C@H]2C(=O)NC(=O)[C@@H]12. The van der Waals surface area contributed by atoms with Crippen molar-refractivity contribution in [3.8, 4) is 0 Å². The van der Waals surface area contributed by atoms with E-state index >= 15 is 0 Å². The predicted molar refractivity (Wildman–Crippen MR) is 64.4 cm³/mol. The molecule has 0 aromatic heterocycles. The molecule has 1 saturated heterocycles. The van der Waals surface area contributed by atoms with Crippen LogP contribution >= 0.6 is 0 Å². The zero-order chi connectivity index (χ0) is 13.4. The molecule has 1 aliphatic heterocycles. The number of amides is 4. The molecule has 2 rings (SSSR count). The molecule has 1 aliphatic carbocycles. The summed E-state index contributed by atoms with van der Waals surface area (Å²) in [6.07, 6.45) is 3.67. The summed E-state index contributed by atoms with van der Waals surface area (Å²) in [5.41, 5.74) is 0. The Morgan fingerprint density at radius 3 is 2.44 bits per heavy atom. The van der Waals surface area contributed by atoms with Crippen LogP contribution in [0.5, 0.6) is 0 Å². The molecule has 2 aliphatic rings. The molecule has 0 aromatic rings. The van der Waals surface area contributed by atoms with Gasteiger partial charge in [-0.05, 0) is 5.92 Å². The number of carbonyl (C=O) groups is 3. The average molecular weight is 251 g/mol. The molecule has 1 heterocycles. The van der Waals surface area contributed by atoms with E-state index in [1.165, 1.54) is 4.90 Å². The first-order chi connectivity index (χ1) is 8.41. The van der Waals surface area contributed by atoms with Crippen LogP contribution in [0, 0.1) is 17.8 Å². The van der Waals surface area contributed by atoms with Crippen molar-refractivity contribution in [1.82, 2.24) is 15.5 Å². The molecule has 6 nitrogen and oxygen atoms in total. The number of nitrogens with one attached hydrogen (secondary N) is 2. The van der Waals surface area contributed by atoms with E-state index in [4.69, 9.17) is 0 Å². The monoisotopic (exact) mass is 251 g/mol. The summed E-state index contributed by atoms with van der Waals surface area (Å²) < 4.78 is 0. The van der Waals surface area contributed by atoms with Gasteiger partial charge in [0, 0.05) is 14.1 Å². The second kappa shape index (κ2) is 4.44. The molecule has 0 spiro atoms. The first-order valence-corrected chi connectivity index (χ1v) is 5.92. The number of carbonyl (C=O) groups excluding carboxylic acids is 3. The van der Waals surface area contributed by atoms with Gasteiger partial charge in [-0.1, -0.05) is 19.1 Å². The van der Waals surface area contributed by atoms with Gasteiger partial charge in [0.2, 0.25) is 11.8 Å². The van der Waals surface area contributed by atoms with Crippen LogP contribution in [-0.2, 0) is 9.59 Å². The van der Waals surface area contributed by atoms with Crippen LogP contribution < -0.4 is 10.6 Å². The van der Waals surface area contributed by atoms with Crippen molar-refractivity contribution in [3.05, 3.63) is 12.2 Å². The summed E-state index contributed by atoms with van der Waals surface area (Å²) in [5.74, 6) is -1.42. The molecular weight excluding hydrogens is 234 g/mol. The summed E-state index contributed by atoms with van der Waals surface area (Å²) in [4.78, 5) is 36.5. The van der Waals surface area contributed by atoms with Crippen molar-refractivity contribution in [3.63, 3.8) is 0 Å². The van der Waals surface area contributed by atoms with E-state index in [1.807, 2.05) is 13.0 Å². The molecule has 4 amide bonds. The van der Waals surface area contributed by atoms with Crippen molar-refractivity contribution in [1.29, 1.82) is 0 Å². The standard InChI is InChI=1S/C12H17N3O3/c1-6-4-5-7(13-12(18)15(2)3)9-8(6)10(16)14-11(9)17/h4-9H,1-3H3,(H,13,18)(H,14,16,17)/t6?,7-,8+,9-/m1/s1. The van der Waals surface area contributed by atoms with Gasteiger partial charge in [-0.15, -0.1) is 0 Å². The summed E-state index contributed by atoms with van der Waals surface area (Å²) in [6.45, 7) is 1.90. The van der Waals surface area contributed by atoms with Crippen molar-refractivity contribution in [2.45, 2.75) is 13.0 Å². The van der Waals surface area contributed by atoms with Gasteiger partial charge in [0.25, 0.3) is 0 Å². The summed E-state index contributed by atoms with van der Waals surface area (Å²) >= 11 is 0. The molecule has 1 unspecified atom stereocenters. The maximum atomic E-state index is 11.8. The Morgan fingerprint density at radius 1 is 1.22 bits per heavy atom. The van der Waals surface area contributed by atoms with Gasteiger partial charge >= 0.3 is 6.03 Å². The Morgan fingerprint density at radius 2 is 1.83 bits per heavy atom. The van der Waals surface area contributed by atoms with E-state index in [1.54, 1.807) is 20.2 Å². The third kappa shape index (κ3) is 1.98. The number of urea groups is 1. The van der Waals surface area contributed by atoms with E-state index in [9.17, 15) is 14.4 Å². The third-order valence-corrected chi connectivity index (χ3v) is 3.51. The lowest BCUT2D eigenvalue weighted by molar-refractivity contribution is -0.126. The van der Waals surface area contributed by atoms with Gasteiger partial charge in [-0.2, -0.15) is 0 Å². The Balaban J connectivity index is 2.21. The molecule has 4 atom stereocenters. The molecule has 2 N–H and O–H groups in total. The zero-order valence-corrected chi connectivity index (χ0v) is 10.6. The fourth-order valence-electron chi connectivity index (χ4n) is 2.51. The highest BCUT2D eigenvalue weighted by molar-refractivity contribution is 6.06. The molecule has 1 fully saturated rings. The smallest absolute Gasteiger partial charge is 0.317 e. The average Bonchev–Trinajstić information content (AvgIpc) is 2.59. The predicted octanol–water partition coefficient (Wildman–Crippen LogP) is -0.279. The van der Waals surface area contributed by atoms with Gasteiger partial charge in [0.15, 0.2) is 0 Å². The highest BCUT2D eigenvalue weighted by atomic mass is 16.2. The van der Waals surface area contributed by atoms with Crippen molar-refractivity contribution in [2.75, 3.05) is 14.1 Å². The normalized spacial score (nSPS) is 33.9. The number of fused-ring (bicyclic) bond motifs is 1. The van der Waals surface area contributed by atoms with Crippen LogP contribution in [0.4, 0.5) is 4.79 Å². The van der Waals surface area contributed by atoms with E-state index in [0.717, 1.165) is 0 Å². The minimum absolute atomic E-state index is 0.00829. The fourth-order valence-corrected chi connectivity index (χ4v) is 2.51. The second-order valence-electron chi connectivity index (χ2n) is 5.02. The molecule has 0 saturated carbocycles. The minimum atomic E-state index is -0.499. The molecule has 98 valence electrons. The Labute approximate surface area is 105 Å².